The van der Waals surface area contributed by atoms with Gasteiger partial charge in [0.25, 0.3) is 0 Å². The van der Waals surface area contributed by atoms with Crippen molar-refractivity contribution in [1.82, 2.24) is 4.57 Å². The Kier molecular flexibility index (Phi) is 5.13. The summed E-state index contributed by atoms with van der Waals surface area (Å²) < 4.78 is 28.4. The van der Waals surface area contributed by atoms with Crippen molar-refractivity contribution in [2.24, 2.45) is 11.1 Å². The second-order valence-electron chi connectivity index (χ2n) is 9.31. The molecule has 6 rings (SSSR count). The van der Waals surface area contributed by atoms with Gasteiger partial charge < -0.3 is 28.9 Å². The molecule has 0 unspecified atom stereocenters. The highest BCUT2D eigenvalue weighted by Gasteiger charge is 2.44. The molecule has 3 heterocycles. The number of rotatable bonds is 6. The van der Waals surface area contributed by atoms with Gasteiger partial charge >= 0.3 is 5.97 Å². The Balaban J connectivity index is 1.43. The quantitative estimate of drug-likeness (QED) is 0.561. The number of fused-ring (bicyclic) bond motifs is 2. The largest absolute Gasteiger partial charge is 0.497 e. The van der Waals surface area contributed by atoms with Crippen LogP contribution in [0, 0.1) is 11.7 Å². The Labute approximate surface area is 205 Å². The summed E-state index contributed by atoms with van der Waals surface area (Å²) in [6, 6.07) is 8.70. The number of ether oxygens (including phenoxy) is 2. The molecule has 0 spiro atoms. The summed E-state index contributed by atoms with van der Waals surface area (Å²) in [5.74, 6) is -1.12. The molecular formula is C26H24FN3O6. The summed E-state index contributed by atoms with van der Waals surface area (Å²) in [4.78, 5) is 32.2. The topological polar surface area (TPSA) is 103 Å². The van der Waals surface area contributed by atoms with Crippen molar-refractivity contribution in [2.45, 2.75) is 25.0 Å². The smallest absolute Gasteiger partial charge is 0.341 e. The van der Waals surface area contributed by atoms with Crippen LogP contribution in [0.2, 0.25) is 0 Å². The summed E-state index contributed by atoms with van der Waals surface area (Å²) in [6.45, 7) is 0.822. The van der Waals surface area contributed by atoms with E-state index in [1.54, 1.807) is 11.7 Å². The van der Waals surface area contributed by atoms with E-state index in [9.17, 15) is 14.7 Å². The number of aromatic nitrogens is 1. The first-order chi connectivity index (χ1) is 17.4. The maximum atomic E-state index is 15.7. The van der Waals surface area contributed by atoms with Gasteiger partial charge in [-0.15, -0.1) is 0 Å². The van der Waals surface area contributed by atoms with Crippen LogP contribution in [0.1, 0.15) is 34.8 Å². The predicted molar refractivity (Wildman–Crippen MR) is 130 cm³/mol. The van der Waals surface area contributed by atoms with Crippen molar-refractivity contribution in [2.75, 3.05) is 32.2 Å². The van der Waals surface area contributed by atoms with Crippen LogP contribution < -0.4 is 19.8 Å². The molecule has 0 radical (unpaired) electrons. The van der Waals surface area contributed by atoms with Crippen LogP contribution in [0.25, 0.3) is 10.9 Å². The van der Waals surface area contributed by atoms with Crippen molar-refractivity contribution in [3.8, 4) is 11.5 Å². The molecule has 10 heteroatoms. The molecule has 9 nitrogen and oxygen atoms in total. The van der Waals surface area contributed by atoms with Crippen LogP contribution in [0.15, 0.2) is 46.5 Å². The van der Waals surface area contributed by atoms with Gasteiger partial charge in [0.2, 0.25) is 5.43 Å². The first-order valence-corrected chi connectivity index (χ1v) is 11.7. The summed E-state index contributed by atoms with van der Waals surface area (Å²) in [5.41, 5.74) is 1.22. The Bertz CT molecular complexity index is 1480. The van der Waals surface area contributed by atoms with Crippen LogP contribution in [-0.2, 0) is 4.84 Å². The van der Waals surface area contributed by atoms with Gasteiger partial charge in [-0.2, -0.15) is 0 Å². The van der Waals surface area contributed by atoms with Crippen molar-refractivity contribution in [3.63, 3.8) is 0 Å². The third kappa shape index (κ3) is 3.39. The molecule has 1 saturated heterocycles. The lowest BCUT2D eigenvalue weighted by Gasteiger charge is -2.25. The molecule has 3 aliphatic rings. The third-order valence-corrected chi connectivity index (χ3v) is 7.18. The molecule has 1 saturated carbocycles. The van der Waals surface area contributed by atoms with Gasteiger partial charge in [0.15, 0.2) is 17.7 Å². The van der Waals surface area contributed by atoms with Gasteiger partial charge in [-0.25, -0.2) is 9.18 Å². The third-order valence-electron chi connectivity index (χ3n) is 7.18. The van der Waals surface area contributed by atoms with Gasteiger partial charge in [-0.3, -0.25) is 4.79 Å². The van der Waals surface area contributed by atoms with E-state index in [-0.39, 0.29) is 40.5 Å². The van der Waals surface area contributed by atoms with Gasteiger partial charge in [0.1, 0.15) is 17.0 Å². The number of anilines is 1. The van der Waals surface area contributed by atoms with E-state index in [0.29, 0.717) is 18.6 Å². The minimum absolute atomic E-state index is 0.00368. The number of hydrogen-bond donors (Lipinski definition) is 1. The Morgan fingerprint density at radius 2 is 1.92 bits per heavy atom. The van der Waals surface area contributed by atoms with E-state index in [1.165, 1.54) is 13.3 Å². The normalized spacial score (nSPS) is 20.8. The molecule has 1 aromatic heterocycles. The van der Waals surface area contributed by atoms with Crippen LogP contribution in [0.5, 0.6) is 11.5 Å². The number of aromatic carboxylic acids is 1. The lowest BCUT2D eigenvalue weighted by molar-refractivity contribution is 0.0694. The van der Waals surface area contributed by atoms with Crippen molar-refractivity contribution >= 4 is 28.3 Å². The molecule has 2 atom stereocenters. The van der Waals surface area contributed by atoms with Gasteiger partial charge in [-0.05, 0) is 43.2 Å². The highest BCUT2D eigenvalue weighted by molar-refractivity contribution is 6.04. The zero-order chi connectivity index (χ0) is 25.1. The van der Waals surface area contributed by atoms with E-state index in [0.717, 1.165) is 35.9 Å². The van der Waals surface area contributed by atoms with E-state index < -0.39 is 17.2 Å². The van der Waals surface area contributed by atoms with Gasteiger partial charge in [0, 0.05) is 24.3 Å². The monoisotopic (exact) mass is 493 g/mol. The standard InChI is InChI=1S/C26H24FN3O6/c1-34-15-7-3-13(4-8-15)21-17-10-29(12-20(17)36-28-21)23-19(27)9-16-22(25(23)35-2)30(14-5-6-14)11-18(24(16)31)26(32)33/h3-4,7-9,11,14,17,20H,5-6,10,12H2,1-2H3,(H,32,33)/t17-,20+/m1/s1. The van der Waals surface area contributed by atoms with Crippen LogP contribution in [0.4, 0.5) is 10.1 Å². The Morgan fingerprint density at radius 3 is 2.56 bits per heavy atom. The van der Waals surface area contributed by atoms with Crippen molar-refractivity contribution in [1.29, 1.82) is 0 Å². The first-order valence-electron chi connectivity index (χ1n) is 11.7. The molecule has 0 amide bonds. The summed E-state index contributed by atoms with van der Waals surface area (Å²) in [6.07, 6.45) is 2.78. The van der Waals surface area contributed by atoms with Crippen LogP contribution in [0.3, 0.4) is 0 Å². The predicted octanol–water partition coefficient (Wildman–Crippen LogP) is 3.43. The van der Waals surface area contributed by atoms with Crippen LogP contribution >= 0.6 is 0 Å². The van der Waals surface area contributed by atoms with Crippen molar-refractivity contribution in [3.05, 3.63) is 63.7 Å². The maximum absolute atomic E-state index is 15.7. The van der Waals surface area contributed by atoms with Gasteiger partial charge in [-0.1, -0.05) is 5.16 Å². The minimum Gasteiger partial charge on any atom is -0.497 e. The number of halogens is 1. The number of carbonyl (C=O) groups is 1. The molecule has 2 fully saturated rings. The maximum Gasteiger partial charge on any atom is 0.341 e. The lowest BCUT2D eigenvalue weighted by Crippen LogP contribution is -2.26. The molecule has 36 heavy (non-hydrogen) atoms. The molecule has 3 aromatic rings. The van der Waals surface area contributed by atoms with E-state index in [2.05, 4.69) is 5.16 Å². The SMILES string of the molecule is COc1ccc(C2=NO[C@H]3CN(c4c(F)cc5c(=O)c(C(=O)O)cn(C6CC6)c5c4OC)C[C@@H]23)cc1. The number of pyridine rings is 1. The van der Waals surface area contributed by atoms with E-state index >= 15 is 4.39 Å². The highest BCUT2D eigenvalue weighted by Crippen LogP contribution is 2.45. The van der Waals surface area contributed by atoms with Gasteiger partial charge in [0.05, 0.1) is 43.3 Å². The number of carboxylic acid groups (broad SMARTS) is 1. The molecular weight excluding hydrogens is 469 g/mol. The Hall–Kier alpha value is -4.08. The average Bonchev–Trinajstić information content (AvgIpc) is 3.52. The molecule has 1 N–H and O–H groups in total. The molecule has 1 aliphatic carbocycles. The average molecular weight is 493 g/mol. The van der Waals surface area contributed by atoms with E-state index in [1.807, 2.05) is 29.2 Å². The molecule has 0 bridgehead atoms. The van der Waals surface area contributed by atoms with E-state index in [4.69, 9.17) is 14.3 Å². The molecule has 2 aliphatic heterocycles. The highest BCUT2D eigenvalue weighted by atomic mass is 19.1. The first kappa shape index (κ1) is 22.4. The fourth-order valence-electron chi connectivity index (χ4n) is 5.27. The number of benzene rings is 2. The number of oxime groups is 1. The summed E-state index contributed by atoms with van der Waals surface area (Å²) in [7, 11) is 3.04. The number of hydrogen-bond acceptors (Lipinski definition) is 7. The molecule has 186 valence electrons. The summed E-state index contributed by atoms with van der Waals surface area (Å²) >= 11 is 0. The fraction of sp³-hybridized carbons (Fsp3) is 0.346. The summed E-state index contributed by atoms with van der Waals surface area (Å²) in [5, 5.41) is 13.8. The zero-order valence-electron chi connectivity index (χ0n) is 19.7. The number of carboxylic acids is 1. The second-order valence-corrected chi connectivity index (χ2v) is 9.31. The minimum atomic E-state index is -1.34. The Morgan fingerprint density at radius 1 is 1.17 bits per heavy atom. The van der Waals surface area contributed by atoms with Crippen LogP contribution in [-0.4, -0.2) is 54.8 Å². The number of methoxy groups -OCH3 is 2. The second kappa shape index (κ2) is 8.25. The zero-order valence-corrected chi connectivity index (χ0v) is 19.7. The number of nitrogens with zero attached hydrogens (tertiary/aromatic N) is 3. The molecule has 2 aromatic carbocycles. The fourth-order valence-corrected chi connectivity index (χ4v) is 5.27. The lowest BCUT2D eigenvalue weighted by atomic mass is 9.95. The van der Waals surface area contributed by atoms with Crippen molar-refractivity contribution < 1.29 is 28.6 Å².